The quantitative estimate of drug-likeness (QED) is 0.795. The molecule has 1 aliphatic carbocycles. The van der Waals surface area contributed by atoms with Gasteiger partial charge in [-0.3, -0.25) is 0 Å². The van der Waals surface area contributed by atoms with E-state index in [0.29, 0.717) is 11.3 Å². The van der Waals surface area contributed by atoms with Crippen molar-refractivity contribution in [3.8, 4) is 5.75 Å². The molecular weight excluding hydrogens is 228 g/mol. The number of benzene rings is 1. The summed E-state index contributed by atoms with van der Waals surface area (Å²) >= 11 is 0. The summed E-state index contributed by atoms with van der Waals surface area (Å²) in [5.41, 5.74) is 6.00. The second-order valence-corrected chi connectivity index (χ2v) is 5.33. The Morgan fingerprint density at radius 3 is 2.56 bits per heavy atom. The average molecular weight is 242 g/mol. The van der Waals surface area contributed by atoms with Gasteiger partial charge in [0.05, 0.1) is 11.0 Å². The molecule has 0 atom stereocenters. The predicted octanol–water partition coefficient (Wildman–Crippen LogP) is 0.334. The number of nitrogens with two attached hydrogens (primary N) is 2. The monoisotopic (exact) mass is 242 g/mol. The van der Waals surface area contributed by atoms with Gasteiger partial charge >= 0.3 is 0 Å². The van der Waals surface area contributed by atoms with E-state index in [-0.39, 0.29) is 17.5 Å². The Balaban J connectivity index is 2.45. The summed E-state index contributed by atoms with van der Waals surface area (Å²) in [4.78, 5) is 0.0492. The molecule has 0 saturated heterocycles. The summed E-state index contributed by atoms with van der Waals surface area (Å²) in [6.45, 7) is 0.0919. The van der Waals surface area contributed by atoms with E-state index < -0.39 is 10.0 Å². The Morgan fingerprint density at radius 1 is 1.38 bits per heavy atom. The van der Waals surface area contributed by atoms with Crippen LogP contribution in [-0.2, 0) is 16.6 Å². The summed E-state index contributed by atoms with van der Waals surface area (Å²) < 4.78 is 28.2. The molecular formula is C10H14N2O3S. The van der Waals surface area contributed by atoms with Crippen LogP contribution in [0.15, 0.2) is 23.1 Å². The van der Waals surface area contributed by atoms with Crippen LogP contribution in [0.2, 0.25) is 0 Å². The number of primary sulfonamides is 1. The SMILES string of the molecule is NCc1c(OC2CC2)cccc1S(N)(=O)=O. The molecule has 0 aliphatic heterocycles. The summed E-state index contributed by atoms with van der Waals surface area (Å²) in [5, 5.41) is 5.11. The van der Waals surface area contributed by atoms with Gasteiger partial charge in [0.15, 0.2) is 0 Å². The molecule has 16 heavy (non-hydrogen) atoms. The molecule has 0 unspecified atom stereocenters. The highest BCUT2D eigenvalue weighted by atomic mass is 32.2. The Hall–Kier alpha value is -1.11. The number of hydrogen-bond donors (Lipinski definition) is 2. The minimum Gasteiger partial charge on any atom is -0.490 e. The number of rotatable bonds is 4. The fourth-order valence-corrected chi connectivity index (χ4v) is 2.28. The number of sulfonamides is 1. The standard InChI is InChI=1S/C10H14N2O3S/c11-6-8-9(15-7-4-5-7)2-1-3-10(8)16(12,13)14/h1-3,7H,4-6,11H2,(H2,12,13,14). The fraction of sp³-hybridized carbons (Fsp3) is 0.400. The van der Waals surface area contributed by atoms with Crippen LogP contribution in [0.25, 0.3) is 0 Å². The first-order chi connectivity index (χ1) is 7.52. The molecule has 1 saturated carbocycles. The molecule has 0 heterocycles. The highest BCUT2D eigenvalue weighted by Gasteiger charge is 2.26. The second-order valence-electron chi connectivity index (χ2n) is 3.80. The van der Waals surface area contributed by atoms with Gasteiger partial charge in [0.25, 0.3) is 0 Å². The van der Waals surface area contributed by atoms with Crippen LogP contribution >= 0.6 is 0 Å². The van der Waals surface area contributed by atoms with Crippen molar-refractivity contribution in [1.82, 2.24) is 0 Å². The maximum absolute atomic E-state index is 11.3. The van der Waals surface area contributed by atoms with Crippen LogP contribution in [0.1, 0.15) is 18.4 Å². The third kappa shape index (κ3) is 2.34. The van der Waals surface area contributed by atoms with E-state index in [2.05, 4.69) is 0 Å². The number of ether oxygens (including phenoxy) is 1. The van der Waals surface area contributed by atoms with E-state index >= 15 is 0 Å². The van der Waals surface area contributed by atoms with Crippen molar-refractivity contribution in [1.29, 1.82) is 0 Å². The van der Waals surface area contributed by atoms with E-state index in [0.717, 1.165) is 12.8 Å². The Kier molecular flexibility index (Phi) is 2.88. The van der Waals surface area contributed by atoms with Gasteiger partial charge in [-0.25, -0.2) is 13.6 Å². The van der Waals surface area contributed by atoms with Gasteiger partial charge in [0.1, 0.15) is 5.75 Å². The average Bonchev–Trinajstić information content (AvgIpc) is 3.00. The Labute approximate surface area is 94.4 Å². The van der Waals surface area contributed by atoms with Crippen LogP contribution in [0.5, 0.6) is 5.75 Å². The largest absolute Gasteiger partial charge is 0.490 e. The van der Waals surface area contributed by atoms with Gasteiger partial charge in [-0.05, 0) is 25.0 Å². The molecule has 1 aliphatic rings. The first-order valence-electron chi connectivity index (χ1n) is 5.04. The Morgan fingerprint density at radius 2 is 2.06 bits per heavy atom. The van der Waals surface area contributed by atoms with Crippen molar-refractivity contribution in [2.75, 3.05) is 0 Å². The molecule has 0 aromatic heterocycles. The smallest absolute Gasteiger partial charge is 0.238 e. The van der Waals surface area contributed by atoms with E-state index in [1.165, 1.54) is 6.07 Å². The van der Waals surface area contributed by atoms with Gasteiger partial charge in [0, 0.05) is 12.1 Å². The van der Waals surface area contributed by atoms with Crippen molar-refractivity contribution < 1.29 is 13.2 Å². The highest BCUT2D eigenvalue weighted by molar-refractivity contribution is 7.89. The predicted molar refractivity (Wildman–Crippen MR) is 59.4 cm³/mol. The first kappa shape index (κ1) is 11.4. The normalized spacial score (nSPS) is 16.1. The molecule has 0 spiro atoms. The number of hydrogen-bond acceptors (Lipinski definition) is 4. The lowest BCUT2D eigenvalue weighted by Gasteiger charge is -2.12. The minimum atomic E-state index is -3.74. The van der Waals surface area contributed by atoms with Crippen LogP contribution < -0.4 is 15.6 Å². The van der Waals surface area contributed by atoms with Crippen molar-refractivity contribution in [2.45, 2.75) is 30.4 Å². The van der Waals surface area contributed by atoms with Crippen molar-refractivity contribution in [3.63, 3.8) is 0 Å². The van der Waals surface area contributed by atoms with Gasteiger partial charge in [-0.1, -0.05) is 6.07 Å². The summed E-state index contributed by atoms with van der Waals surface area (Å²) in [6.07, 6.45) is 2.20. The molecule has 4 N–H and O–H groups in total. The summed E-state index contributed by atoms with van der Waals surface area (Å²) in [5.74, 6) is 0.525. The molecule has 1 aromatic carbocycles. The van der Waals surface area contributed by atoms with Crippen molar-refractivity contribution in [3.05, 3.63) is 23.8 Å². The van der Waals surface area contributed by atoms with Gasteiger partial charge in [-0.2, -0.15) is 0 Å². The van der Waals surface area contributed by atoms with Crippen molar-refractivity contribution >= 4 is 10.0 Å². The molecule has 1 aromatic rings. The van der Waals surface area contributed by atoms with Crippen LogP contribution in [0, 0.1) is 0 Å². The van der Waals surface area contributed by atoms with Crippen molar-refractivity contribution in [2.24, 2.45) is 10.9 Å². The molecule has 88 valence electrons. The van der Waals surface area contributed by atoms with Crippen LogP contribution in [0.3, 0.4) is 0 Å². The lowest BCUT2D eigenvalue weighted by Crippen LogP contribution is -2.17. The zero-order valence-electron chi connectivity index (χ0n) is 8.72. The van der Waals surface area contributed by atoms with Gasteiger partial charge in [-0.15, -0.1) is 0 Å². The van der Waals surface area contributed by atoms with Gasteiger partial charge in [0.2, 0.25) is 10.0 Å². The molecule has 5 nitrogen and oxygen atoms in total. The second kappa shape index (κ2) is 4.04. The molecule has 2 rings (SSSR count). The zero-order chi connectivity index (χ0) is 11.8. The maximum atomic E-state index is 11.3. The molecule has 0 amide bonds. The lowest BCUT2D eigenvalue weighted by atomic mass is 10.2. The first-order valence-corrected chi connectivity index (χ1v) is 6.58. The highest BCUT2D eigenvalue weighted by Crippen LogP contribution is 2.31. The third-order valence-electron chi connectivity index (χ3n) is 2.42. The lowest BCUT2D eigenvalue weighted by molar-refractivity contribution is 0.299. The Bertz CT molecular complexity index is 495. The molecule has 6 heteroatoms. The van der Waals surface area contributed by atoms with E-state index in [4.69, 9.17) is 15.6 Å². The van der Waals surface area contributed by atoms with E-state index in [1.807, 2.05) is 0 Å². The third-order valence-corrected chi connectivity index (χ3v) is 3.41. The summed E-state index contributed by atoms with van der Waals surface area (Å²) in [6, 6.07) is 4.77. The molecule has 0 radical (unpaired) electrons. The van der Waals surface area contributed by atoms with E-state index in [1.54, 1.807) is 12.1 Å². The fourth-order valence-electron chi connectivity index (χ4n) is 1.49. The molecule has 0 bridgehead atoms. The maximum Gasteiger partial charge on any atom is 0.238 e. The summed E-state index contributed by atoms with van der Waals surface area (Å²) in [7, 11) is -3.74. The zero-order valence-corrected chi connectivity index (χ0v) is 9.53. The van der Waals surface area contributed by atoms with Crippen LogP contribution in [-0.4, -0.2) is 14.5 Å². The van der Waals surface area contributed by atoms with E-state index in [9.17, 15) is 8.42 Å². The molecule has 1 fully saturated rings. The minimum absolute atomic E-state index is 0.0492. The topological polar surface area (TPSA) is 95.4 Å². The van der Waals surface area contributed by atoms with Gasteiger partial charge < -0.3 is 10.5 Å². The van der Waals surface area contributed by atoms with Crippen LogP contribution in [0.4, 0.5) is 0 Å².